The zero-order chi connectivity index (χ0) is 9.97. The standard InChI is InChI=1S/C9H8N4O/c10-7-2-1-5-13(9(7)14)8-3-4-11-6-12-8/h1-6H,10H2. The Labute approximate surface area is 79.9 Å². The van der Waals surface area contributed by atoms with Crippen LogP contribution in [-0.2, 0) is 0 Å². The SMILES string of the molecule is Nc1cccn(-c2ccncn2)c1=O. The minimum Gasteiger partial charge on any atom is -0.394 e. The quantitative estimate of drug-likeness (QED) is 0.694. The molecule has 0 atom stereocenters. The molecule has 0 saturated heterocycles. The maximum Gasteiger partial charge on any atom is 0.279 e. The van der Waals surface area contributed by atoms with E-state index in [9.17, 15) is 4.79 Å². The third-order valence-corrected chi connectivity index (χ3v) is 1.79. The van der Waals surface area contributed by atoms with Crippen molar-refractivity contribution in [3.63, 3.8) is 0 Å². The van der Waals surface area contributed by atoms with Crippen LogP contribution in [0.25, 0.3) is 5.82 Å². The molecule has 0 fully saturated rings. The van der Waals surface area contributed by atoms with Crippen molar-refractivity contribution in [2.24, 2.45) is 0 Å². The van der Waals surface area contributed by atoms with E-state index in [0.29, 0.717) is 5.82 Å². The predicted octanol–water partition coefficient (Wildman–Crippen LogP) is 0.210. The average molecular weight is 188 g/mol. The molecule has 0 aliphatic carbocycles. The second kappa shape index (κ2) is 3.29. The van der Waals surface area contributed by atoms with Gasteiger partial charge in [0.25, 0.3) is 5.56 Å². The molecule has 14 heavy (non-hydrogen) atoms. The first-order valence-electron chi connectivity index (χ1n) is 4.02. The number of nitrogens with zero attached hydrogens (tertiary/aromatic N) is 3. The molecule has 0 unspecified atom stereocenters. The van der Waals surface area contributed by atoms with Gasteiger partial charge in [0.15, 0.2) is 0 Å². The van der Waals surface area contributed by atoms with Crippen LogP contribution < -0.4 is 11.3 Å². The highest BCUT2D eigenvalue weighted by molar-refractivity contribution is 5.37. The lowest BCUT2D eigenvalue weighted by Crippen LogP contribution is -2.21. The van der Waals surface area contributed by atoms with Crippen molar-refractivity contribution in [3.8, 4) is 5.82 Å². The van der Waals surface area contributed by atoms with Crippen LogP contribution in [0, 0.1) is 0 Å². The third kappa shape index (κ3) is 1.35. The van der Waals surface area contributed by atoms with Crippen LogP contribution in [0.3, 0.4) is 0 Å². The summed E-state index contributed by atoms with van der Waals surface area (Å²) in [5.41, 5.74) is 5.41. The first kappa shape index (κ1) is 8.43. The smallest absolute Gasteiger partial charge is 0.279 e. The van der Waals surface area contributed by atoms with Gasteiger partial charge in [0, 0.05) is 12.4 Å². The molecule has 5 heteroatoms. The monoisotopic (exact) mass is 188 g/mol. The summed E-state index contributed by atoms with van der Waals surface area (Å²) in [4.78, 5) is 19.3. The van der Waals surface area contributed by atoms with Gasteiger partial charge in [-0.3, -0.25) is 9.36 Å². The Bertz CT molecular complexity index is 492. The van der Waals surface area contributed by atoms with Crippen LogP contribution in [0.4, 0.5) is 5.69 Å². The molecule has 70 valence electrons. The first-order chi connectivity index (χ1) is 6.79. The topological polar surface area (TPSA) is 73.8 Å². The van der Waals surface area contributed by atoms with Gasteiger partial charge < -0.3 is 5.73 Å². The highest BCUT2D eigenvalue weighted by Gasteiger charge is 2.01. The molecule has 2 rings (SSSR count). The summed E-state index contributed by atoms with van der Waals surface area (Å²) < 4.78 is 1.37. The second-order valence-electron chi connectivity index (χ2n) is 2.71. The summed E-state index contributed by atoms with van der Waals surface area (Å²) in [5, 5.41) is 0. The van der Waals surface area contributed by atoms with Gasteiger partial charge in [0.05, 0.1) is 5.69 Å². The van der Waals surface area contributed by atoms with Crippen molar-refractivity contribution in [1.29, 1.82) is 0 Å². The lowest BCUT2D eigenvalue weighted by atomic mass is 10.4. The number of rotatable bonds is 1. The van der Waals surface area contributed by atoms with Gasteiger partial charge in [-0.1, -0.05) is 0 Å². The van der Waals surface area contributed by atoms with Gasteiger partial charge in [-0.25, -0.2) is 9.97 Å². The lowest BCUT2D eigenvalue weighted by molar-refractivity contribution is 0.929. The Balaban J connectivity index is 2.64. The summed E-state index contributed by atoms with van der Waals surface area (Å²) in [7, 11) is 0. The maximum absolute atomic E-state index is 11.5. The predicted molar refractivity (Wildman–Crippen MR) is 52.0 cm³/mol. The molecule has 0 aromatic carbocycles. The zero-order valence-corrected chi connectivity index (χ0v) is 7.29. The Morgan fingerprint density at radius 1 is 1.36 bits per heavy atom. The van der Waals surface area contributed by atoms with E-state index in [4.69, 9.17) is 5.73 Å². The fourth-order valence-electron chi connectivity index (χ4n) is 1.12. The molecule has 2 N–H and O–H groups in total. The van der Waals surface area contributed by atoms with Crippen LogP contribution in [-0.4, -0.2) is 14.5 Å². The third-order valence-electron chi connectivity index (χ3n) is 1.79. The van der Waals surface area contributed by atoms with E-state index in [2.05, 4.69) is 9.97 Å². The fourth-order valence-corrected chi connectivity index (χ4v) is 1.12. The van der Waals surface area contributed by atoms with E-state index in [0.717, 1.165) is 0 Å². The molecule has 0 amide bonds. The molecule has 0 bridgehead atoms. The summed E-state index contributed by atoms with van der Waals surface area (Å²) in [5.74, 6) is 0.511. The van der Waals surface area contributed by atoms with E-state index in [1.165, 1.54) is 10.9 Å². The van der Waals surface area contributed by atoms with E-state index in [-0.39, 0.29) is 11.2 Å². The van der Waals surface area contributed by atoms with Crippen LogP contribution >= 0.6 is 0 Å². The maximum atomic E-state index is 11.5. The fraction of sp³-hybridized carbons (Fsp3) is 0. The minimum absolute atomic E-state index is 0.200. The van der Waals surface area contributed by atoms with Crippen molar-refractivity contribution >= 4 is 5.69 Å². The first-order valence-corrected chi connectivity index (χ1v) is 4.02. The van der Waals surface area contributed by atoms with E-state index >= 15 is 0 Å². The number of nitrogens with two attached hydrogens (primary N) is 1. The van der Waals surface area contributed by atoms with E-state index < -0.39 is 0 Å². The van der Waals surface area contributed by atoms with Gasteiger partial charge in [0.1, 0.15) is 12.1 Å². The molecule has 2 heterocycles. The summed E-state index contributed by atoms with van der Waals surface area (Å²) in [6.45, 7) is 0. The largest absolute Gasteiger partial charge is 0.394 e. The number of pyridine rings is 1. The number of aromatic nitrogens is 3. The van der Waals surface area contributed by atoms with Crippen LogP contribution in [0.15, 0.2) is 41.7 Å². The normalized spacial score (nSPS) is 10.0. The molecular weight excluding hydrogens is 180 g/mol. The number of nitrogen functional groups attached to an aromatic ring is 1. The van der Waals surface area contributed by atoms with Gasteiger partial charge in [-0.15, -0.1) is 0 Å². The van der Waals surface area contributed by atoms with Crippen molar-refractivity contribution in [2.45, 2.75) is 0 Å². The Kier molecular flexibility index (Phi) is 1.98. The van der Waals surface area contributed by atoms with Crippen LogP contribution in [0.1, 0.15) is 0 Å². The van der Waals surface area contributed by atoms with Crippen molar-refractivity contribution in [3.05, 3.63) is 47.3 Å². The number of anilines is 1. The zero-order valence-electron chi connectivity index (χ0n) is 7.29. The highest BCUT2D eigenvalue weighted by Crippen LogP contribution is 1.99. The summed E-state index contributed by atoms with van der Waals surface area (Å²) in [6, 6.07) is 4.89. The van der Waals surface area contributed by atoms with Crippen molar-refractivity contribution in [1.82, 2.24) is 14.5 Å². The van der Waals surface area contributed by atoms with Crippen molar-refractivity contribution in [2.75, 3.05) is 5.73 Å². The second-order valence-corrected chi connectivity index (χ2v) is 2.71. The van der Waals surface area contributed by atoms with Gasteiger partial charge in [0.2, 0.25) is 0 Å². The highest BCUT2D eigenvalue weighted by atomic mass is 16.1. The molecule has 0 radical (unpaired) electrons. The van der Waals surface area contributed by atoms with Crippen LogP contribution in [0.2, 0.25) is 0 Å². The average Bonchev–Trinajstić information content (AvgIpc) is 2.23. The minimum atomic E-state index is -0.272. The molecule has 5 nitrogen and oxygen atoms in total. The van der Waals surface area contributed by atoms with E-state index in [1.807, 2.05) is 0 Å². The van der Waals surface area contributed by atoms with Gasteiger partial charge >= 0.3 is 0 Å². The Hall–Kier alpha value is -2.17. The van der Waals surface area contributed by atoms with Crippen molar-refractivity contribution < 1.29 is 0 Å². The number of hydrogen-bond acceptors (Lipinski definition) is 4. The summed E-state index contributed by atoms with van der Waals surface area (Å²) in [6.07, 6.45) is 4.56. The summed E-state index contributed by atoms with van der Waals surface area (Å²) >= 11 is 0. The Morgan fingerprint density at radius 2 is 2.21 bits per heavy atom. The molecular formula is C9H8N4O. The number of hydrogen-bond donors (Lipinski definition) is 1. The molecule has 0 aliphatic rings. The molecule has 0 aliphatic heterocycles. The van der Waals surface area contributed by atoms with E-state index in [1.54, 1.807) is 30.6 Å². The molecule has 2 aromatic heterocycles. The van der Waals surface area contributed by atoms with Gasteiger partial charge in [-0.2, -0.15) is 0 Å². The molecule has 0 spiro atoms. The Morgan fingerprint density at radius 3 is 2.93 bits per heavy atom. The molecule has 2 aromatic rings. The lowest BCUT2D eigenvalue weighted by Gasteiger charge is -2.03. The van der Waals surface area contributed by atoms with Crippen LogP contribution in [0.5, 0.6) is 0 Å². The van der Waals surface area contributed by atoms with Gasteiger partial charge in [-0.05, 0) is 18.2 Å². The molecule has 0 saturated carbocycles.